The quantitative estimate of drug-likeness (QED) is 0.288. The average Bonchev–Trinajstić information content (AvgIpc) is 2.58. The van der Waals surface area contributed by atoms with Crippen LogP contribution < -0.4 is 0 Å². The van der Waals surface area contributed by atoms with Gasteiger partial charge in [0, 0.05) is 0 Å². The third kappa shape index (κ3) is 8.32. The maximum absolute atomic E-state index is 13.0. The van der Waals surface area contributed by atoms with Crippen LogP contribution in [0.15, 0.2) is 0 Å². The molecular weight excluding hydrogens is 315 g/mol. The Morgan fingerprint density at radius 2 is 1.21 bits per heavy atom. The van der Waals surface area contributed by atoms with Gasteiger partial charge in [-0.3, -0.25) is 0 Å². The summed E-state index contributed by atoms with van der Waals surface area (Å²) in [6, 6.07) is 0. The van der Waals surface area contributed by atoms with Crippen LogP contribution in [0.25, 0.3) is 0 Å². The summed E-state index contributed by atoms with van der Waals surface area (Å²) in [5, 5.41) is 0. The first-order valence-electron chi connectivity index (χ1n) is 10.6. The summed E-state index contributed by atoms with van der Waals surface area (Å²) in [5.41, 5.74) is 0. The average molecular weight is 361 g/mol. The molecule has 0 aromatic heterocycles. The molecule has 1 unspecified atom stereocenters. The first-order chi connectivity index (χ1) is 11.4. The molecule has 24 heavy (non-hydrogen) atoms. The van der Waals surface area contributed by atoms with Crippen molar-refractivity contribution < 1.29 is 9.32 Å². The van der Waals surface area contributed by atoms with Gasteiger partial charge in [-0.15, -0.1) is 0 Å². The monoisotopic (exact) mass is 360 g/mol. The molecule has 3 heteroatoms. The molecule has 0 aliphatic rings. The zero-order valence-corrected chi connectivity index (χ0v) is 18.4. The Morgan fingerprint density at radius 3 is 1.54 bits per heavy atom. The van der Waals surface area contributed by atoms with E-state index in [1.807, 2.05) is 0 Å². The van der Waals surface area contributed by atoms with Crippen LogP contribution in [0.2, 0.25) is 0 Å². The van der Waals surface area contributed by atoms with Crippen LogP contribution in [0.5, 0.6) is 0 Å². The normalized spacial score (nSPS) is 14.8. The van der Waals surface area contributed by atoms with E-state index in [2.05, 4.69) is 41.3 Å². The van der Waals surface area contributed by atoms with Gasteiger partial charge in [0.05, 0.1) is 0 Å². The number of carbonyl (C=O) groups is 1. The molecule has 0 amide bonds. The Bertz CT molecular complexity index is 316. The van der Waals surface area contributed by atoms with Gasteiger partial charge in [0.1, 0.15) is 0 Å². The van der Waals surface area contributed by atoms with Gasteiger partial charge >= 0.3 is 152 Å². The van der Waals surface area contributed by atoms with Crippen molar-refractivity contribution in [3.05, 3.63) is 0 Å². The van der Waals surface area contributed by atoms with Gasteiger partial charge in [0.25, 0.3) is 0 Å². The Kier molecular flexibility index (Phi) is 12.2. The van der Waals surface area contributed by atoms with Crippen molar-refractivity contribution in [1.82, 2.24) is 0 Å². The van der Waals surface area contributed by atoms with Crippen molar-refractivity contribution in [1.29, 1.82) is 0 Å². The Balaban J connectivity index is 5.34. The van der Waals surface area contributed by atoms with E-state index in [0.29, 0.717) is 0 Å². The Hall–Kier alpha value is -0.100. The fourth-order valence-electron chi connectivity index (χ4n) is 3.58. The first kappa shape index (κ1) is 23.9. The summed E-state index contributed by atoms with van der Waals surface area (Å²) < 4.78 is 6.57. The standard InChI is InChI=1S/C21H45O2P/c1-7-12-16-20(11-5)21(22)23-24(6,17-13-8-2,18-14-9-3)19-15-10-4/h20H,7-19H2,1-6H3. The fraction of sp³-hybridized carbons (Fsp3) is 0.952. The predicted octanol–water partition coefficient (Wildman–Crippen LogP) is 7.24. The third-order valence-electron chi connectivity index (χ3n) is 5.54. The molecule has 0 spiro atoms. The zero-order valence-electron chi connectivity index (χ0n) is 17.5. The van der Waals surface area contributed by atoms with Crippen molar-refractivity contribution in [3.8, 4) is 0 Å². The number of hydrogen-bond donors (Lipinski definition) is 0. The molecule has 0 fully saturated rings. The topological polar surface area (TPSA) is 26.3 Å². The SMILES string of the molecule is CCCCC(CC)C(=O)OP(C)(CCCC)(CCCC)CCCC. The minimum absolute atomic E-state index is 0.108. The molecule has 0 aromatic carbocycles. The number of hydrogen-bond acceptors (Lipinski definition) is 2. The number of carbonyl (C=O) groups excluding carboxylic acids is 1. The van der Waals surface area contributed by atoms with E-state index in [1.54, 1.807) is 0 Å². The first-order valence-corrected chi connectivity index (χ1v) is 13.8. The zero-order chi connectivity index (χ0) is 18.5. The van der Waals surface area contributed by atoms with Crippen LogP contribution in [-0.2, 0) is 9.32 Å². The molecule has 0 aromatic rings. The molecule has 146 valence electrons. The summed E-state index contributed by atoms with van der Waals surface area (Å²) in [5.74, 6) is 0.228. The summed E-state index contributed by atoms with van der Waals surface area (Å²) in [7, 11) is 0. The van der Waals surface area contributed by atoms with E-state index in [-0.39, 0.29) is 11.9 Å². The van der Waals surface area contributed by atoms with E-state index >= 15 is 0 Å². The van der Waals surface area contributed by atoms with Crippen molar-refractivity contribution in [2.45, 2.75) is 98.8 Å². The molecule has 2 nitrogen and oxygen atoms in total. The second-order valence-electron chi connectivity index (χ2n) is 8.08. The molecule has 0 rings (SSSR count). The number of rotatable bonds is 15. The van der Waals surface area contributed by atoms with Gasteiger partial charge < -0.3 is 0 Å². The molecule has 0 aliphatic heterocycles. The van der Waals surface area contributed by atoms with Gasteiger partial charge in [-0.05, 0) is 0 Å². The summed E-state index contributed by atoms with van der Waals surface area (Å²) in [6.45, 7) is 11.1. The molecule has 0 N–H and O–H groups in total. The van der Waals surface area contributed by atoms with E-state index in [4.69, 9.17) is 4.52 Å². The molecule has 0 bridgehead atoms. The summed E-state index contributed by atoms with van der Waals surface area (Å²) in [4.78, 5) is 13.0. The van der Waals surface area contributed by atoms with Gasteiger partial charge in [0.15, 0.2) is 0 Å². The van der Waals surface area contributed by atoms with Crippen LogP contribution in [0.3, 0.4) is 0 Å². The summed E-state index contributed by atoms with van der Waals surface area (Å²) >= 11 is 0. The summed E-state index contributed by atoms with van der Waals surface area (Å²) in [6.07, 6.45) is 14.8. The van der Waals surface area contributed by atoms with E-state index in [0.717, 1.165) is 44.2 Å². The van der Waals surface area contributed by atoms with E-state index in [1.165, 1.54) is 38.5 Å². The van der Waals surface area contributed by atoms with E-state index < -0.39 is 6.83 Å². The van der Waals surface area contributed by atoms with Crippen LogP contribution in [-0.4, -0.2) is 31.1 Å². The predicted molar refractivity (Wildman–Crippen MR) is 112 cm³/mol. The Labute approximate surface area is 152 Å². The van der Waals surface area contributed by atoms with Crippen LogP contribution in [0, 0.1) is 5.92 Å². The third-order valence-corrected chi connectivity index (χ3v) is 11.0. The second kappa shape index (κ2) is 12.3. The molecule has 0 aliphatic carbocycles. The molecule has 0 heterocycles. The second-order valence-corrected chi connectivity index (χ2v) is 14.0. The molecule has 1 atom stereocenters. The van der Waals surface area contributed by atoms with E-state index in [9.17, 15) is 4.79 Å². The van der Waals surface area contributed by atoms with Crippen molar-refractivity contribution in [3.63, 3.8) is 0 Å². The Morgan fingerprint density at radius 1 is 0.792 bits per heavy atom. The van der Waals surface area contributed by atoms with Crippen molar-refractivity contribution >= 4 is 12.8 Å². The van der Waals surface area contributed by atoms with Gasteiger partial charge in [0.2, 0.25) is 0 Å². The molecular formula is C21H45O2P. The molecule has 0 saturated heterocycles. The van der Waals surface area contributed by atoms with Gasteiger partial charge in [-0.1, -0.05) is 0 Å². The maximum atomic E-state index is 13.0. The van der Waals surface area contributed by atoms with Gasteiger partial charge in [-0.25, -0.2) is 0 Å². The molecule has 0 radical (unpaired) electrons. The molecule has 0 saturated carbocycles. The number of unbranched alkanes of at least 4 members (excludes halogenated alkanes) is 4. The van der Waals surface area contributed by atoms with Crippen molar-refractivity contribution in [2.24, 2.45) is 5.92 Å². The fourth-order valence-corrected chi connectivity index (χ4v) is 8.86. The van der Waals surface area contributed by atoms with Crippen LogP contribution in [0.1, 0.15) is 98.8 Å². The van der Waals surface area contributed by atoms with Crippen LogP contribution >= 0.6 is 6.83 Å². The minimum atomic E-state index is -2.38. The van der Waals surface area contributed by atoms with Gasteiger partial charge in [-0.2, -0.15) is 0 Å². The van der Waals surface area contributed by atoms with Crippen molar-refractivity contribution in [2.75, 3.05) is 25.2 Å². The van der Waals surface area contributed by atoms with Crippen LogP contribution in [0.4, 0.5) is 0 Å².